The first-order valence-corrected chi connectivity index (χ1v) is 7.71. The smallest absolute Gasteiger partial charge is 0.137 e. The minimum atomic E-state index is -1.62. The van der Waals surface area contributed by atoms with Gasteiger partial charge in [-0.15, -0.1) is 0 Å². The van der Waals surface area contributed by atoms with Crippen LogP contribution in [0.3, 0.4) is 0 Å². The third-order valence-electron chi connectivity index (χ3n) is 4.22. The number of aromatic nitrogens is 3. The van der Waals surface area contributed by atoms with Crippen LogP contribution in [0.25, 0.3) is 0 Å². The highest BCUT2D eigenvalue weighted by Gasteiger charge is 2.36. The summed E-state index contributed by atoms with van der Waals surface area (Å²) < 4.78 is 28.9. The molecule has 2 aromatic rings. The monoisotopic (exact) mass is 336 g/mol. The van der Waals surface area contributed by atoms with E-state index in [1.165, 1.54) is 23.4 Å². The van der Waals surface area contributed by atoms with Crippen LogP contribution in [0.1, 0.15) is 18.4 Å². The molecule has 1 aromatic carbocycles. The number of nitrogens with zero attached hydrogens (tertiary/aromatic N) is 4. The molecule has 0 spiro atoms. The van der Waals surface area contributed by atoms with Crippen LogP contribution < -0.4 is 0 Å². The van der Waals surface area contributed by atoms with Gasteiger partial charge in [-0.1, -0.05) is 6.07 Å². The van der Waals surface area contributed by atoms with Gasteiger partial charge in [-0.3, -0.25) is 9.69 Å². The highest BCUT2D eigenvalue weighted by molar-refractivity contribution is 5.79. The molecule has 3 rings (SSSR count). The summed E-state index contributed by atoms with van der Waals surface area (Å²) in [6.45, 7) is 1.09. The number of aliphatic hydroxyl groups is 1. The van der Waals surface area contributed by atoms with Gasteiger partial charge in [0.05, 0.1) is 6.54 Å². The second-order valence-electron chi connectivity index (χ2n) is 6.06. The molecule has 1 atom stereocenters. The minimum absolute atomic E-state index is 0.00343. The lowest BCUT2D eigenvalue weighted by molar-refractivity contribution is -0.122. The fourth-order valence-electron chi connectivity index (χ4n) is 3.00. The molecule has 2 heterocycles. The number of ketones is 1. The maximum Gasteiger partial charge on any atom is 0.137 e. The molecule has 1 saturated heterocycles. The van der Waals surface area contributed by atoms with Gasteiger partial charge in [0.25, 0.3) is 0 Å². The van der Waals surface area contributed by atoms with Crippen molar-refractivity contribution >= 4 is 5.78 Å². The zero-order chi connectivity index (χ0) is 17.2. The Labute approximate surface area is 137 Å². The Morgan fingerprint density at radius 1 is 1.21 bits per heavy atom. The van der Waals surface area contributed by atoms with E-state index in [-0.39, 0.29) is 24.4 Å². The van der Waals surface area contributed by atoms with Crippen LogP contribution in [0.2, 0.25) is 0 Å². The molecule has 0 radical (unpaired) electrons. The molecule has 0 bridgehead atoms. The first-order chi connectivity index (χ1) is 11.5. The molecule has 24 heavy (non-hydrogen) atoms. The van der Waals surface area contributed by atoms with Crippen molar-refractivity contribution < 1.29 is 18.7 Å². The van der Waals surface area contributed by atoms with Crippen molar-refractivity contribution in [2.75, 3.05) is 19.6 Å². The fraction of sp³-hybridized carbons (Fsp3) is 0.438. The molecule has 0 aliphatic carbocycles. The predicted molar refractivity (Wildman–Crippen MR) is 81.0 cm³/mol. The van der Waals surface area contributed by atoms with E-state index in [9.17, 15) is 18.7 Å². The van der Waals surface area contributed by atoms with Crippen LogP contribution in [-0.4, -0.2) is 50.2 Å². The van der Waals surface area contributed by atoms with E-state index in [0.717, 1.165) is 12.1 Å². The summed E-state index contributed by atoms with van der Waals surface area (Å²) in [6, 6.07) is 3.11. The number of hydrogen-bond donors (Lipinski definition) is 1. The molecule has 128 valence electrons. The second kappa shape index (κ2) is 6.74. The molecular formula is C16H18F2N4O2. The van der Waals surface area contributed by atoms with E-state index in [2.05, 4.69) is 10.1 Å². The normalized spacial score (nSPS) is 18.5. The largest absolute Gasteiger partial charge is 0.382 e. The predicted octanol–water partition coefficient (Wildman–Crippen LogP) is 1.11. The van der Waals surface area contributed by atoms with Gasteiger partial charge in [-0.05, 0) is 6.07 Å². The van der Waals surface area contributed by atoms with Crippen LogP contribution >= 0.6 is 0 Å². The summed E-state index contributed by atoms with van der Waals surface area (Å²) >= 11 is 0. The van der Waals surface area contributed by atoms with Crippen molar-refractivity contribution in [2.45, 2.75) is 25.0 Å². The zero-order valence-electron chi connectivity index (χ0n) is 13.0. The molecule has 8 heteroatoms. The van der Waals surface area contributed by atoms with Crippen LogP contribution in [0.5, 0.6) is 0 Å². The van der Waals surface area contributed by atoms with Crippen molar-refractivity contribution in [2.24, 2.45) is 0 Å². The average molecular weight is 336 g/mol. The lowest BCUT2D eigenvalue weighted by Crippen LogP contribution is -2.47. The van der Waals surface area contributed by atoms with E-state index in [1.54, 1.807) is 0 Å². The van der Waals surface area contributed by atoms with Crippen LogP contribution in [0, 0.1) is 11.6 Å². The number of halogens is 2. The van der Waals surface area contributed by atoms with Crippen molar-refractivity contribution in [1.29, 1.82) is 0 Å². The first kappa shape index (κ1) is 16.7. The number of hydrogen-bond acceptors (Lipinski definition) is 5. The number of rotatable bonds is 5. The summed E-state index contributed by atoms with van der Waals surface area (Å²) in [4.78, 5) is 17.1. The first-order valence-electron chi connectivity index (χ1n) is 7.71. The number of benzene rings is 1. The molecule has 0 saturated carbocycles. The van der Waals surface area contributed by atoms with E-state index in [4.69, 9.17) is 0 Å². The van der Waals surface area contributed by atoms with Crippen LogP contribution in [-0.2, 0) is 16.9 Å². The highest BCUT2D eigenvalue weighted by Crippen LogP contribution is 2.28. The van der Waals surface area contributed by atoms with Crippen molar-refractivity contribution in [3.8, 4) is 0 Å². The van der Waals surface area contributed by atoms with E-state index in [1.807, 2.05) is 4.90 Å². The number of Topliss-reactive ketones (excluding diaryl/α,β-unsaturated/α-hetero) is 1. The molecule has 1 aliphatic rings. The van der Waals surface area contributed by atoms with E-state index >= 15 is 0 Å². The number of β-amino-alcohol motifs (C(OH)–C–C–N with tert-alkyl or cyclic N) is 1. The van der Waals surface area contributed by atoms with Gasteiger partial charge in [0.2, 0.25) is 0 Å². The highest BCUT2D eigenvalue weighted by atomic mass is 19.1. The lowest BCUT2D eigenvalue weighted by Gasteiger charge is -2.36. The molecule has 6 nitrogen and oxygen atoms in total. The van der Waals surface area contributed by atoms with Gasteiger partial charge in [0.15, 0.2) is 0 Å². The molecule has 1 aliphatic heterocycles. The fourth-order valence-corrected chi connectivity index (χ4v) is 3.00. The van der Waals surface area contributed by atoms with Gasteiger partial charge in [-0.2, -0.15) is 5.10 Å². The Kier molecular flexibility index (Phi) is 4.68. The Morgan fingerprint density at radius 2 is 1.96 bits per heavy atom. The maximum absolute atomic E-state index is 14.3. The third-order valence-corrected chi connectivity index (χ3v) is 4.22. The maximum atomic E-state index is 14.3. The van der Waals surface area contributed by atoms with Crippen molar-refractivity contribution in [3.05, 3.63) is 48.1 Å². The quantitative estimate of drug-likeness (QED) is 0.886. The molecular weight excluding hydrogens is 318 g/mol. The number of carbonyl (C=O) groups excluding carboxylic acids is 1. The number of carbonyl (C=O) groups is 1. The summed E-state index contributed by atoms with van der Waals surface area (Å²) in [5.41, 5.74) is -1.62. The Bertz CT molecular complexity index is 713. The zero-order valence-corrected chi connectivity index (χ0v) is 13.0. The van der Waals surface area contributed by atoms with E-state index in [0.29, 0.717) is 25.9 Å². The van der Waals surface area contributed by atoms with Crippen molar-refractivity contribution in [3.63, 3.8) is 0 Å². The van der Waals surface area contributed by atoms with Gasteiger partial charge in [0, 0.05) is 44.1 Å². The molecule has 0 amide bonds. The topological polar surface area (TPSA) is 71.2 Å². The molecule has 1 unspecified atom stereocenters. The molecule has 1 aromatic heterocycles. The molecule has 1 N–H and O–H groups in total. The summed E-state index contributed by atoms with van der Waals surface area (Å²) in [5.74, 6) is -1.34. The third kappa shape index (κ3) is 3.65. The summed E-state index contributed by atoms with van der Waals surface area (Å²) in [6.07, 6.45) is 3.56. The van der Waals surface area contributed by atoms with Crippen LogP contribution in [0.4, 0.5) is 8.78 Å². The minimum Gasteiger partial charge on any atom is -0.382 e. The standard InChI is InChI=1S/C16H18F2N4O2/c17-12-1-2-14(15(18)7-12)16(24,9-22-11-19-10-20-22)8-21-5-3-13(23)4-6-21/h1-2,7,10-11,24H,3-6,8-9H2. The number of piperidine rings is 1. The Morgan fingerprint density at radius 3 is 2.58 bits per heavy atom. The van der Waals surface area contributed by atoms with Crippen LogP contribution in [0.15, 0.2) is 30.9 Å². The SMILES string of the molecule is O=C1CCN(CC(O)(Cn2cncn2)c2ccc(F)cc2F)CC1. The Balaban J connectivity index is 1.89. The van der Waals surface area contributed by atoms with E-state index < -0.39 is 17.2 Å². The Hall–Kier alpha value is -2.19. The van der Waals surface area contributed by atoms with Crippen molar-refractivity contribution in [1.82, 2.24) is 19.7 Å². The lowest BCUT2D eigenvalue weighted by atomic mass is 9.91. The van der Waals surface area contributed by atoms with Gasteiger partial charge in [0.1, 0.15) is 35.7 Å². The summed E-state index contributed by atoms with van der Waals surface area (Å²) in [7, 11) is 0. The molecule has 1 fully saturated rings. The van der Waals surface area contributed by atoms with Gasteiger partial charge >= 0.3 is 0 Å². The second-order valence-corrected chi connectivity index (χ2v) is 6.06. The summed E-state index contributed by atoms with van der Waals surface area (Å²) in [5, 5.41) is 15.1. The van der Waals surface area contributed by atoms with Gasteiger partial charge in [-0.25, -0.2) is 18.4 Å². The average Bonchev–Trinajstić information content (AvgIpc) is 3.02. The van der Waals surface area contributed by atoms with Gasteiger partial charge < -0.3 is 5.11 Å². The number of likely N-dealkylation sites (tertiary alicyclic amines) is 1.